The number of rotatable bonds is 3. The molecule has 1 saturated heterocycles. The predicted molar refractivity (Wildman–Crippen MR) is 89.3 cm³/mol. The topological polar surface area (TPSA) is 52.0 Å². The number of pyridine rings is 1. The van der Waals surface area contributed by atoms with E-state index in [0.717, 1.165) is 25.1 Å². The fraction of sp³-hybridized carbons (Fsp3) is 0.333. The Morgan fingerprint density at radius 1 is 1.24 bits per heavy atom. The number of alkyl halides is 3. The van der Waals surface area contributed by atoms with Gasteiger partial charge >= 0.3 is 6.18 Å². The predicted octanol–water partition coefficient (Wildman–Crippen LogP) is 4.05. The van der Waals surface area contributed by atoms with Gasteiger partial charge in [0, 0.05) is 31.0 Å². The van der Waals surface area contributed by atoms with Gasteiger partial charge < -0.3 is 10.2 Å². The maximum Gasteiger partial charge on any atom is 0.419 e. The van der Waals surface area contributed by atoms with Gasteiger partial charge in [-0.25, -0.2) is 0 Å². The van der Waals surface area contributed by atoms with Gasteiger partial charge in [0.05, 0.1) is 29.1 Å². The second-order valence-corrected chi connectivity index (χ2v) is 5.98. The standard InChI is InChI=1S/C18H17F3N4/c19-18(20,21)17-13(10-22)4-1-7-16(17)24-14-5-3-9-25(12-14)15-6-2-8-23-11-15/h1-2,4,6-8,11,14,24H,3,5,9,12H2. The third-order valence-electron chi connectivity index (χ3n) is 4.26. The van der Waals surface area contributed by atoms with Crippen molar-refractivity contribution in [2.75, 3.05) is 23.3 Å². The summed E-state index contributed by atoms with van der Waals surface area (Å²) in [6.07, 6.45) is 0.495. The summed E-state index contributed by atoms with van der Waals surface area (Å²) in [4.78, 5) is 6.20. The lowest BCUT2D eigenvalue weighted by Gasteiger charge is -2.35. The lowest BCUT2D eigenvalue weighted by Crippen LogP contribution is -2.42. The largest absolute Gasteiger partial charge is 0.419 e. The first-order valence-corrected chi connectivity index (χ1v) is 8.01. The molecule has 1 aromatic carbocycles. The van der Waals surface area contributed by atoms with Crippen LogP contribution in [0.4, 0.5) is 24.5 Å². The summed E-state index contributed by atoms with van der Waals surface area (Å²) in [6.45, 7) is 1.42. The summed E-state index contributed by atoms with van der Waals surface area (Å²) >= 11 is 0. The highest BCUT2D eigenvalue weighted by Gasteiger charge is 2.37. The van der Waals surface area contributed by atoms with E-state index in [-0.39, 0.29) is 17.3 Å². The summed E-state index contributed by atoms with van der Waals surface area (Å²) < 4.78 is 40.1. The maximum atomic E-state index is 13.4. The van der Waals surface area contributed by atoms with Gasteiger partial charge in [0.25, 0.3) is 0 Å². The molecule has 1 unspecified atom stereocenters. The lowest BCUT2D eigenvalue weighted by atomic mass is 10.0. The average Bonchev–Trinajstić information content (AvgIpc) is 2.61. The number of hydrogen-bond donors (Lipinski definition) is 1. The van der Waals surface area contributed by atoms with Crippen LogP contribution in [0.2, 0.25) is 0 Å². The van der Waals surface area contributed by atoms with E-state index in [1.54, 1.807) is 18.5 Å². The molecule has 0 radical (unpaired) electrons. The van der Waals surface area contributed by atoms with Crippen LogP contribution in [0.5, 0.6) is 0 Å². The first-order chi connectivity index (χ1) is 12.0. The second-order valence-electron chi connectivity index (χ2n) is 5.98. The number of anilines is 2. The van der Waals surface area contributed by atoms with Crippen molar-refractivity contribution in [2.45, 2.75) is 25.1 Å². The Hall–Kier alpha value is -2.75. The van der Waals surface area contributed by atoms with Crippen molar-refractivity contribution in [1.82, 2.24) is 4.98 Å². The first-order valence-electron chi connectivity index (χ1n) is 8.01. The lowest BCUT2D eigenvalue weighted by molar-refractivity contribution is -0.137. The zero-order valence-electron chi connectivity index (χ0n) is 13.4. The minimum absolute atomic E-state index is 0.0374. The molecule has 7 heteroatoms. The Kier molecular flexibility index (Phi) is 4.79. The third-order valence-corrected chi connectivity index (χ3v) is 4.26. The summed E-state index contributed by atoms with van der Waals surface area (Å²) in [6, 6.07) is 9.32. The van der Waals surface area contributed by atoms with Gasteiger partial charge in [-0.05, 0) is 37.1 Å². The van der Waals surface area contributed by atoms with Crippen molar-refractivity contribution < 1.29 is 13.2 Å². The van der Waals surface area contributed by atoms with Gasteiger partial charge in [0.1, 0.15) is 0 Å². The quantitative estimate of drug-likeness (QED) is 0.911. The SMILES string of the molecule is N#Cc1cccc(NC2CCCN(c3cccnc3)C2)c1C(F)(F)F. The summed E-state index contributed by atoms with van der Waals surface area (Å²) in [5, 5.41) is 12.0. The fourth-order valence-corrected chi connectivity index (χ4v) is 3.16. The minimum Gasteiger partial charge on any atom is -0.380 e. The maximum absolute atomic E-state index is 13.4. The highest BCUT2D eigenvalue weighted by molar-refractivity contribution is 5.60. The molecule has 25 heavy (non-hydrogen) atoms. The highest BCUT2D eigenvalue weighted by Crippen LogP contribution is 2.38. The van der Waals surface area contributed by atoms with E-state index in [0.29, 0.717) is 6.54 Å². The van der Waals surface area contributed by atoms with Crippen molar-refractivity contribution >= 4 is 11.4 Å². The molecule has 0 bridgehead atoms. The Morgan fingerprint density at radius 3 is 2.76 bits per heavy atom. The summed E-state index contributed by atoms with van der Waals surface area (Å²) in [5.41, 5.74) is -0.339. The van der Waals surface area contributed by atoms with Crippen molar-refractivity contribution in [3.8, 4) is 6.07 Å². The van der Waals surface area contributed by atoms with E-state index in [2.05, 4.69) is 15.2 Å². The van der Waals surface area contributed by atoms with E-state index >= 15 is 0 Å². The number of nitriles is 1. The van der Waals surface area contributed by atoms with Crippen LogP contribution in [-0.4, -0.2) is 24.1 Å². The highest BCUT2D eigenvalue weighted by atomic mass is 19.4. The molecule has 0 saturated carbocycles. The normalized spacial score (nSPS) is 17.8. The van der Waals surface area contributed by atoms with Gasteiger partial charge in [-0.15, -0.1) is 0 Å². The van der Waals surface area contributed by atoms with Crippen LogP contribution in [0.25, 0.3) is 0 Å². The van der Waals surface area contributed by atoms with Gasteiger partial charge in [0.2, 0.25) is 0 Å². The average molecular weight is 346 g/mol. The van der Waals surface area contributed by atoms with Crippen molar-refractivity contribution in [1.29, 1.82) is 5.26 Å². The Bertz CT molecular complexity index is 768. The van der Waals surface area contributed by atoms with E-state index in [4.69, 9.17) is 5.26 Å². The molecule has 1 aliphatic rings. The van der Waals surface area contributed by atoms with E-state index in [9.17, 15) is 13.2 Å². The summed E-state index contributed by atoms with van der Waals surface area (Å²) in [5.74, 6) is 0. The zero-order chi connectivity index (χ0) is 17.9. The smallest absolute Gasteiger partial charge is 0.380 e. The Balaban J connectivity index is 1.82. The molecule has 3 rings (SSSR count). The molecule has 1 atom stereocenters. The fourth-order valence-electron chi connectivity index (χ4n) is 3.16. The number of nitrogens with zero attached hydrogens (tertiary/aromatic N) is 3. The first kappa shape index (κ1) is 17.1. The molecule has 0 aliphatic carbocycles. The van der Waals surface area contributed by atoms with Crippen LogP contribution in [0.15, 0.2) is 42.7 Å². The molecule has 2 aromatic rings. The molecule has 1 aliphatic heterocycles. The monoisotopic (exact) mass is 346 g/mol. The third kappa shape index (κ3) is 3.85. The number of benzene rings is 1. The number of hydrogen-bond acceptors (Lipinski definition) is 4. The number of nitrogens with one attached hydrogen (secondary N) is 1. The van der Waals surface area contributed by atoms with E-state index in [1.807, 2.05) is 12.1 Å². The van der Waals surface area contributed by atoms with Crippen LogP contribution < -0.4 is 10.2 Å². The van der Waals surface area contributed by atoms with E-state index < -0.39 is 11.7 Å². The van der Waals surface area contributed by atoms with Gasteiger partial charge in [-0.2, -0.15) is 18.4 Å². The Labute approximate surface area is 143 Å². The molecular formula is C18H17F3N4. The summed E-state index contributed by atoms with van der Waals surface area (Å²) in [7, 11) is 0. The second kappa shape index (κ2) is 7.01. The van der Waals surface area contributed by atoms with Crippen molar-refractivity contribution in [2.24, 2.45) is 0 Å². The van der Waals surface area contributed by atoms with Crippen molar-refractivity contribution in [3.63, 3.8) is 0 Å². The van der Waals surface area contributed by atoms with Gasteiger partial charge in [-0.1, -0.05) is 6.07 Å². The molecule has 0 spiro atoms. The number of piperidine rings is 1. The number of halogens is 3. The van der Waals surface area contributed by atoms with E-state index in [1.165, 1.54) is 18.2 Å². The molecule has 2 heterocycles. The van der Waals surface area contributed by atoms with Crippen LogP contribution in [0.1, 0.15) is 24.0 Å². The van der Waals surface area contributed by atoms with Crippen LogP contribution in [0, 0.1) is 11.3 Å². The van der Waals surface area contributed by atoms with Gasteiger partial charge in [-0.3, -0.25) is 4.98 Å². The Morgan fingerprint density at radius 2 is 2.08 bits per heavy atom. The van der Waals surface area contributed by atoms with Crippen molar-refractivity contribution in [3.05, 3.63) is 53.9 Å². The molecule has 1 aromatic heterocycles. The molecule has 0 amide bonds. The van der Waals surface area contributed by atoms with Crippen LogP contribution in [0.3, 0.4) is 0 Å². The minimum atomic E-state index is -4.58. The molecule has 4 nitrogen and oxygen atoms in total. The molecule has 130 valence electrons. The van der Waals surface area contributed by atoms with Gasteiger partial charge in [0.15, 0.2) is 0 Å². The van der Waals surface area contributed by atoms with Crippen LogP contribution >= 0.6 is 0 Å². The molecule has 1 fully saturated rings. The zero-order valence-corrected chi connectivity index (χ0v) is 13.4. The number of aromatic nitrogens is 1. The molecular weight excluding hydrogens is 329 g/mol. The molecule has 1 N–H and O–H groups in total. The van der Waals surface area contributed by atoms with Crippen LogP contribution in [-0.2, 0) is 6.18 Å².